The van der Waals surface area contributed by atoms with Gasteiger partial charge in [-0.1, -0.05) is 42.1 Å². The van der Waals surface area contributed by atoms with Crippen LogP contribution in [0.1, 0.15) is 24.8 Å². The molecule has 0 saturated carbocycles. The number of rotatable bonds is 7. The third-order valence-corrected chi connectivity index (χ3v) is 4.02. The molecule has 0 atom stereocenters. The predicted molar refractivity (Wildman–Crippen MR) is 82.2 cm³/mol. The molecule has 0 bridgehead atoms. The van der Waals surface area contributed by atoms with Gasteiger partial charge in [-0.15, -0.1) is 0 Å². The summed E-state index contributed by atoms with van der Waals surface area (Å²) in [6.45, 7) is 0. The van der Waals surface area contributed by atoms with Gasteiger partial charge in [0, 0.05) is 16.2 Å². The fourth-order valence-corrected chi connectivity index (χ4v) is 2.79. The average molecular weight is 286 g/mol. The zero-order valence-corrected chi connectivity index (χ0v) is 12.1. The number of aryl methyl sites for hydroxylation is 1. The first-order chi connectivity index (χ1) is 9.74. The van der Waals surface area contributed by atoms with Crippen molar-refractivity contribution in [2.24, 2.45) is 0 Å². The molecular formula is C17H18O2S. The summed E-state index contributed by atoms with van der Waals surface area (Å²) in [4.78, 5) is 12.9. The molecule has 2 aromatic carbocycles. The summed E-state index contributed by atoms with van der Waals surface area (Å²) in [5, 5.41) is 8.58. The Balaban J connectivity index is 1.82. The molecule has 0 aliphatic rings. The van der Waals surface area contributed by atoms with Crippen LogP contribution in [-0.2, 0) is 11.2 Å². The fourth-order valence-electron chi connectivity index (χ4n) is 1.95. The highest BCUT2D eigenvalue weighted by molar-refractivity contribution is 7.99. The van der Waals surface area contributed by atoms with Gasteiger partial charge < -0.3 is 5.11 Å². The lowest BCUT2D eigenvalue weighted by molar-refractivity contribution is -0.137. The van der Waals surface area contributed by atoms with Gasteiger partial charge in [0.2, 0.25) is 0 Å². The third-order valence-electron chi connectivity index (χ3n) is 3.01. The normalized spacial score (nSPS) is 10.4. The van der Waals surface area contributed by atoms with Crippen LogP contribution in [0.25, 0.3) is 0 Å². The van der Waals surface area contributed by atoms with Gasteiger partial charge in [-0.05, 0) is 49.1 Å². The number of benzene rings is 2. The van der Waals surface area contributed by atoms with Gasteiger partial charge in [0.05, 0.1) is 0 Å². The van der Waals surface area contributed by atoms with Crippen LogP contribution in [0.4, 0.5) is 0 Å². The van der Waals surface area contributed by atoms with Gasteiger partial charge in [-0.3, -0.25) is 4.79 Å². The molecular weight excluding hydrogens is 268 g/mol. The van der Waals surface area contributed by atoms with Gasteiger partial charge in [-0.25, -0.2) is 0 Å². The van der Waals surface area contributed by atoms with E-state index in [0.29, 0.717) is 0 Å². The van der Waals surface area contributed by atoms with E-state index < -0.39 is 5.97 Å². The third kappa shape index (κ3) is 5.10. The Morgan fingerprint density at radius 2 is 1.55 bits per heavy atom. The maximum atomic E-state index is 10.4. The molecule has 0 radical (unpaired) electrons. The number of carbonyl (C=O) groups is 1. The topological polar surface area (TPSA) is 37.3 Å². The highest BCUT2D eigenvalue weighted by Gasteiger charge is 2.00. The van der Waals surface area contributed by atoms with E-state index in [1.54, 1.807) is 11.8 Å². The van der Waals surface area contributed by atoms with Gasteiger partial charge >= 0.3 is 5.97 Å². The van der Waals surface area contributed by atoms with Crippen molar-refractivity contribution >= 4 is 17.7 Å². The zero-order chi connectivity index (χ0) is 14.2. The van der Waals surface area contributed by atoms with E-state index in [1.165, 1.54) is 15.4 Å². The lowest BCUT2D eigenvalue weighted by Crippen LogP contribution is -1.94. The van der Waals surface area contributed by atoms with Gasteiger partial charge in [-0.2, -0.15) is 0 Å². The standard InChI is InChI=1S/C17H18O2S/c18-17(19)9-5-4-6-14-10-12-16(13-11-14)20-15-7-2-1-3-8-15/h1-3,7-8,10-13H,4-6,9H2,(H,18,19). The van der Waals surface area contributed by atoms with Crippen LogP contribution in [0.5, 0.6) is 0 Å². The molecule has 2 rings (SSSR count). The summed E-state index contributed by atoms with van der Waals surface area (Å²) >= 11 is 1.75. The van der Waals surface area contributed by atoms with Crippen molar-refractivity contribution < 1.29 is 9.90 Å². The van der Waals surface area contributed by atoms with Crippen molar-refractivity contribution in [2.45, 2.75) is 35.5 Å². The Hall–Kier alpha value is -1.74. The summed E-state index contributed by atoms with van der Waals surface area (Å²) in [6, 6.07) is 18.8. The van der Waals surface area contributed by atoms with Gasteiger partial charge in [0.1, 0.15) is 0 Å². The Kier molecular flexibility index (Phi) is 5.69. The van der Waals surface area contributed by atoms with E-state index in [1.807, 2.05) is 18.2 Å². The quantitative estimate of drug-likeness (QED) is 0.754. The van der Waals surface area contributed by atoms with E-state index >= 15 is 0 Å². The lowest BCUT2D eigenvalue weighted by Gasteiger charge is -2.04. The van der Waals surface area contributed by atoms with Crippen LogP contribution in [0.2, 0.25) is 0 Å². The Morgan fingerprint density at radius 1 is 0.900 bits per heavy atom. The first-order valence-electron chi connectivity index (χ1n) is 6.78. The first kappa shape index (κ1) is 14.7. The lowest BCUT2D eigenvalue weighted by atomic mass is 10.1. The van der Waals surface area contributed by atoms with Crippen molar-refractivity contribution in [3.8, 4) is 0 Å². The minimum atomic E-state index is -0.709. The number of hydrogen-bond acceptors (Lipinski definition) is 2. The van der Waals surface area contributed by atoms with Crippen LogP contribution in [0.3, 0.4) is 0 Å². The molecule has 0 saturated heterocycles. The summed E-state index contributed by atoms with van der Waals surface area (Å²) in [6.07, 6.45) is 2.89. The van der Waals surface area contributed by atoms with Crippen LogP contribution >= 0.6 is 11.8 Å². The van der Waals surface area contributed by atoms with E-state index in [2.05, 4.69) is 36.4 Å². The summed E-state index contributed by atoms with van der Waals surface area (Å²) in [7, 11) is 0. The highest BCUT2D eigenvalue weighted by Crippen LogP contribution is 2.27. The van der Waals surface area contributed by atoms with Crippen LogP contribution < -0.4 is 0 Å². The molecule has 2 nitrogen and oxygen atoms in total. The number of carboxylic acids is 1. The molecule has 0 unspecified atom stereocenters. The summed E-state index contributed by atoms with van der Waals surface area (Å²) in [5.74, 6) is -0.709. The van der Waals surface area contributed by atoms with E-state index in [4.69, 9.17) is 5.11 Å². The molecule has 3 heteroatoms. The SMILES string of the molecule is O=C(O)CCCCc1ccc(Sc2ccccc2)cc1. The van der Waals surface area contributed by atoms with Crippen molar-refractivity contribution in [1.29, 1.82) is 0 Å². The number of carboxylic acid groups (broad SMARTS) is 1. The molecule has 20 heavy (non-hydrogen) atoms. The Bertz CT molecular complexity index is 535. The molecule has 1 N–H and O–H groups in total. The largest absolute Gasteiger partial charge is 0.481 e. The Morgan fingerprint density at radius 3 is 2.20 bits per heavy atom. The molecule has 2 aromatic rings. The smallest absolute Gasteiger partial charge is 0.303 e. The maximum Gasteiger partial charge on any atom is 0.303 e. The monoisotopic (exact) mass is 286 g/mol. The highest BCUT2D eigenvalue weighted by atomic mass is 32.2. The molecule has 0 aliphatic heterocycles. The molecule has 0 aromatic heterocycles. The van der Waals surface area contributed by atoms with Crippen molar-refractivity contribution in [3.63, 3.8) is 0 Å². The molecule has 0 heterocycles. The molecule has 0 aliphatic carbocycles. The van der Waals surface area contributed by atoms with Crippen molar-refractivity contribution in [1.82, 2.24) is 0 Å². The minimum Gasteiger partial charge on any atom is -0.481 e. The number of hydrogen-bond donors (Lipinski definition) is 1. The zero-order valence-electron chi connectivity index (χ0n) is 11.3. The molecule has 0 amide bonds. The van der Waals surface area contributed by atoms with Crippen LogP contribution in [0, 0.1) is 0 Å². The average Bonchev–Trinajstić information content (AvgIpc) is 2.46. The van der Waals surface area contributed by atoms with E-state index in [9.17, 15) is 4.79 Å². The van der Waals surface area contributed by atoms with Gasteiger partial charge in [0.25, 0.3) is 0 Å². The second-order valence-electron chi connectivity index (χ2n) is 4.66. The van der Waals surface area contributed by atoms with E-state index in [0.717, 1.165) is 19.3 Å². The second-order valence-corrected chi connectivity index (χ2v) is 5.81. The van der Waals surface area contributed by atoms with Crippen molar-refractivity contribution in [3.05, 3.63) is 60.2 Å². The van der Waals surface area contributed by atoms with Crippen molar-refractivity contribution in [2.75, 3.05) is 0 Å². The van der Waals surface area contributed by atoms with E-state index in [-0.39, 0.29) is 6.42 Å². The van der Waals surface area contributed by atoms with Crippen LogP contribution in [0.15, 0.2) is 64.4 Å². The fraction of sp³-hybridized carbons (Fsp3) is 0.235. The second kappa shape index (κ2) is 7.75. The Labute approximate surface area is 123 Å². The minimum absolute atomic E-state index is 0.266. The first-order valence-corrected chi connectivity index (χ1v) is 7.59. The molecule has 104 valence electrons. The predicted octanol–water partition coefficient (Wildman–Crippen LogP) is 4.64. The summed E-state index contributed by atoms with van der Waals surface area (Å²) < 4.78 is 0. The molecule has 0 fully saturated rings. The number of unbranched alkanes of at least 4 members (excludes halogenated alkanes) is 1. The number of aliphatic carboxylic acids is 1. The van der Waals surface area contributed by atoms with Gasteiger partial charge in [0.15, 0.2) is 0 Å². The van der Waals surface area contributed by atoms with Crippen LogP contribution in [-0.4, -0.2) is 11.1 Å². The molecule has 0 spiro atoms. The maximum absolute atomic E-state index is 10.4. The summed E-state index contributed by atoms with van der Waals surface area (Å²) in [5.41, 5.74) is 1.27.